The molecule has 1 heterocycles. The average Bonchev–Trinajstić information content (AvgIpc) is 3.10. The number of nitrogens with one attached hydrogen (secondary N) is 1. The van der Waals surface area contributed by atoms with E-state index in [9.17, 15) is 13.2 Å². The molecule has 136 valence electrons. The number of hydrogen-bond acceptors (Lipinski definition) is 4. The van der Waals surface area contributed by atoms with Gasteiger partial charge in [-0.15, -0.1) is 11.3 Å². The van der Waals surface area contributed by atoms with Crippen molar-refractivity contribution in [3.8, 4) is 0 Å². The Labute approximate surface area is 153 Å². The van der Waals surface area contributed by atoms with Crippen LogP contribution in [-0.4, -0.2) is 32.2 Å². The third kappa shape index (κ3) is 5.14. The highest BCUT2D eigenvalue weighted by Gasteiger charge is 2.21. The summed E-state index contributed by atoms with van der Waals surface area (Å²) in [5.41, 5.74) is 2.23. The van der Waals surface area contributed by atoms with Gasteiger partial charge in [0, 0.05) is 20.0 Å². The van der Waals surface area contributed by atoms with E-state index in [0.717, 1.165) is 11.1 Å². The van der Waals surface area contributed by atoms with E-state index < -0.39 is 10.0 Å². The van der Waals surface area contributed by atoms with Crippen molar-refractivity contribution in [3.05, 3.63) is 52.9 Å². The van der Waals surface area contributed by atoms with Crippen molar-refractivity contribution in [1.82, 2.24) is 9.62 Å². The summed E-state index contributed by atoms with van der Waals surface area (Å²) < 4.78 is 26.2. The van der Waals surface area contributed by atoms with Crippen molar-refractivity contribution >= 4 is 27.3 Å². The summed E-state index contributed by atoms with van der Waals surface area (Å²) >= 11 is 1.20. The number of carbonyl (C=O) groups is 1. The van der Waals surface area contributed by atoms with Crippen LogP contribution in [0.1, 0.15) is 36.9 Å². The number of benzene rings is 1. The Bertz CT molecular complexity index is 801. The first-order valence-electron chi connectivity index (χ1n) is 8.17. The molecule has 25 heavy (non-hydrogen) atoms. The third-order valence-electron chi connectivity index (χ3n) is 4.07. The van der Waals surface area contributed by atoms with Crippen LogP contribution in [0.2, 0.25) is 0 Å². The minimum absolute atomic E-state index is 0.0683. The molecule has 0 bridgehead atoms. The summed E-state index contributed by atoms with van der Waals surface area (Å²) in [7, 11) is -1.90. The van der Waals surface area contributed by atoms with Crippen LogP contribution in [0.25, 0.3) is 0 Å². The van der Waals surface area contributed by atoms with Crippen LogP contribution in [0.5, 0.6) is 0 Å². The first-order chi connectivity index (χ1) is 11.8. The van der Waals surface area contributed by atoms with Gasteiger partial charge in [0.15, 0.2) is 0 Å². The predicted octanol–water partition coefficient (Wildman–Crippen LogP) is 3.33. The van der Waals surface area contributed by atoms with E-state index in [0.29, 0.717) is 23.6 Å². The minimum Gasteiger partial charge on any atom is -0.350 e. The van der Waals surface area contributed by atoms with Crippen LogP contribution in [0, 0.1) is 6.92 Å². The molecule has 0 saturated heterocycles. The molecular weight excluding hydrogens is 356 g/mol. The lowest BCUT2D eigenvalue weighted by atomic mass is 10.0. The summed E-state index contributed by atoms with van der Waals surface area (Å²) in [5.74, 6) is -0.0716. The monoisotopic (exact) mass is 380 g/mol. The second-order valence-corrected chi connectivity index (χ2v) is 9.23. The normalized spacial score (nSPS) is 13.0. The van der Waals surface area contributed by atoms with Crippen LogP contribution < -0.4 is 5.32 Å². The highest BCUT2D eigenvalue weighted by atomic mass is 32.2. The summed E-state index contributed by atoms with van der Waals surface area (Å²) in [6.07, 6.45) is 0.772. The molecule has 2 aromatic rings. The zero-order valence-corrected chi connectivity index (χ0v) is 16.4. The first-order valence-corrected chi connectivity index (χ1v) is 10.5. The SMILES string of the molecule is Cc1ccccc1C(C)NC(=O)CCCN(C)S(=O)(=O)c1cccs1. The number of aryl methyl sites for hydroxylation is 1. The Kier molecular flexibility index (Phi) is 6.75. The number of amides is 1. The lowest BCUT2D eigenvalue weighted by Gasteiger charge is -2.18. The van der Waals surface area contributed by atoms with Crippen LogP contribution in [-0.2, 0) is 14.8 Å². The molecule has 0 aliphatic rings. The number of rotatable bonds is 8. The first kappa shape index (κ1) is 19.6. The van der Waals surface area contributed by atoms with Crippen LogP contribution in [0.15, 0.2) is 46.0 Å². The van der Waals surface area contributed by atoms with Gasteiger partial charge in [-0.25, -0.2) is 12.7 Å². The fourth-order valence-corrected chi connectivity index (χ4v) is 5.02. The van der Waals surface area contributed by atoms with Crippen molar-refractivity contribution < 1.29 is 13.2 Å². The van der Waals surface area contributed by atoms with E-state index in [1.165, 1.54) is 15.6 Å². The molecule has 1 unspecified atom stereocenters. The average molecular weight is 381 g/mol. The molecule has 0 aliphatic carbocycles. The van der Waals surface area contributed by atoms with Crippen LogP contribution in [0.3, 0.4) is 0 Å². The number of hydrogen-bond donors (Lipinski definition) is 1. The minimum atomic E-state index is -3.45. The van der Waals surface area contributed by atoms with Crippen molar-refractivity contribution in [2.24, 2.45) is 0 Å². The summed E-state index contributed by atoms with van der Waals surface area (Å²) in [6.45, 7) is 4.28. The van der Waals surface area contributed by atoms with Gasteiger partial charge in [0.25, 0.3) is 10.0 Å². The van der Waals surface area contributed by atoms with E-state index in [2.05, 4.69) is 5.32 Å². The van der Waals surface area contributed by atoms with Gasteiger partial charge in [-0.05, 0) is 42.8 Å². The lowest BCUT2D eigenvalue weighted by Crippen LogP contribution is -2.30. The van der Waals surface area contributed by atoms with Gasteiger partial charge in [0.2, 0.25) is 5.91 Å². The van der Waals surface area contributed by atoms with Crippen LogP contribution >= 0.6 is 11.3 Å². The van der Waals surface area contributed by atoms with E-state index in [1.54, 1.807) is 24.6 Å². The Morgan fingerprint density at radius 3 is 2.60 bits per heavy atom. The van der Waals surface area contributed by atoms with Crippen molar-refractivity contribution in [1.29, 1.82) is 0 Å². The Morgan fingerprint density at radius 2 is 1.96 bits per heavy atom. The maximum atomic E-state index is 12.3. The molecule has 0 fully saturated rings. The molecular formula is C18H24N2O3S2. The maximum absolute atomic E-state index is 12.3. The molecule has 0 saturated carbocycles. The third-order valence-corrected chi connectivity index (χ3v) is 7.30. The molecule has 5 nitrogen and oxygen atoms in total. The number of carbonyl (C=O) groups excluding carboxylic acids is 1. The Balaban J connectivity index is 1.81. The highest BCUT2D eigenvalue weighted by Crippen LogP contribution is 2.20. The van der Waals surface area contributed by atoms with E-state index >= 15 is 0 Å². The molecule has 1 N–H and O–H groups in total. The van der Waals surface area contributed by atoms with E-state index in [1.807, 2.05) is 38.1 Å². The molecule has 1 amide bonds. The van der Waals surface area contributed by atoms with Gasteiger partial charge in [-0.3, -0.25) is 4.79 Å². The van der Waals surface area contributed by atoms with Crippen molar-refractivity contribution in [2.45, 2.75) is 36.9 Å². The summed E-state index contributed by atoms with van der Waals surface area (Å²) in [4.78, 5) is 12.1. The number of nitrogens with zero attached hydrogens (tertiary/aromatic N) is 1. The van der Waals surface area contributed by atoms with Gasteiger partial charge in [0.05, 0.1) is 6.04 Å². The zero-order valence-electron chi connectivity index (χ0n) is 14.7. The topological polar surface area (TPSA) is 66.5 Å². The van der Waals surface area contributed by atoms with Gasteiger partial charge in [-0.1, -0.05) is 30.3 Å². The van der Waals surface area contributed by atoms with E-state index in [-0.39, 0.29) is 11.9 Å². The van der Waals surface area contributed by atoms with Crippen molar-refractivity contribution in [3.63, 3.8) is 0 Å². The van der Waals surface area contributed by atoms with Gasteiger partial charge in [0.1, 0.15) is 4.21 Å². The largest absolute Gasteiger partial charge is 0.350 e. The van der Waals surface area contributed by atoms with E-state index in [4.69, 9.17) is 0 Å². The Morgan fingerprint density at radius 1 is 1.24 bits per heavy atom. The smallest absolute Gasteiger partial charge is 0.252 e. The molecule has 0 aliphatic heterocycles. The number of thiophene rings is 1. The molecule has 2 rings (SSSR count). The number of sulfonamides is 1. The summed E-state index contributed by atoms with van der Waals surface area (Å²) in [6, 6.07) is 11.2. The van der Waals surface area contributed by atoms with Gasteiger partial charge < -0.3 is 5.32 Å². The second-order valence-electron chi connectivity index (χ2n) is 6.01. The highest BCUT2D eigenvalue weighted by molar-refractivity contribution is 7.91. The Hall–Kier alpha value is -1.70. The molecule has 1 atom stereocenters. The molecule has 7 heteroatoms. The van der Waals surface area contributed by atoms with Crippen molar-refractivity contribution in [2.75, 3.05) is 13.6 Å². The zero-order chi connectivity index (χ0) is 18.4. The van der Waals surface area contributed by atoms with Gasteiger partial charge in [-0.2, -0.15) is 0 Å². The molecule has 1 aromatic carbocycles. The maximum Gasteiger partial charge on any atom is 0.252 e. The fraction of sp³-hybridized carbons (Fsp3) is 0.389. The predicted molar refractivity (Wildman–Crippen MR) is 101 cm³/mol. The second kappa shape index (κ2) is 8.60. The molecule has 0 radical (unpaired) electrons. The quantitative estimate of drug-likeness (QED) is 0.764. The van der Waals surface area contributed by atoms with Gasteiger partial charge >= 0.3 is 0 Å². The lowest BCUT2D eigenvalue weighted by molar-refractivity contribution is -0.121. The summed E-state index contributed by atoms with van der Waals surface area (Å²) in [5, 5.41) is 4.71. The fourth-order valence-electron chi connectivity index (χ4n) is 2.61. The molecule has 0 spiro atoms. The molecule has 1 aromatic heterocycles. The van der Waals surface area contributed by atoms with Crippen LogP contribution in [0.4, 0.5) is 0 Å². The standard InChI is InChI=1S/C18H24N2O3S2/c1-14-8-4-5-9-16(14)15(2)19-17(21)10-6-12-20(3)25(22,23)18-11-7-13-24-18/h4-5,7-9,11,13,15H,6,10,12H2,1-3H3,(H,19,21).